The summed E-state index contributed by atoms with van der Waals surface area (Å²) in [6.45, 7) is 2.33. The van der Waals surface area contributed by atoms with Crippen molar-refractivity contribution in [1.29, 1.82) is 0 Å². The Labute approximate surface area is 229 Å². The molecule has 2 aliphatic heterocycles. The van der Waals surface area contributed by atoms with Gasteiger partial charge < -0.3 is 77.6 Å². The highest BCUT2D eigenvalue weighted by atomic mass is 16.8. The average molecular weight is 581 g/mol. The van der Waals surface area contributed by atoms with E-state index in [1.165, 1.54) is 6.92 Å². The smallest absolute Gasteiger partial charge is 0.188 e. The highest BCUT2D eigenvalue weighted by Crippen LogP contribution is 2.39. The van der Waals surface area contributed by atoms with E-state index in [4.69, 9.17) is 41.9 Å². The minimum absolute atomic E-state index is 0.160. The minimum atomic E-state index is -2.36. The molecule has 40 heavy (non-hydrogen) atoms. The molecule has 15 atom stereocenters. The molecule has 0 aromatic heterocycles. The number of aliphatic imine (C=N–C) groups is 2. The molecule has 2 unspecified atom stereocenters. The Morgan fingerprint density at radius 2 is 1.48 bits per heavy atom. The van der Waals surface area contributed by atoms with Gasteiger partial charge in [-0.15, -0.1) is 0 Å². The van der Waals surface area contributed by atoms with E-state index >= 15 is 0 Å². The van der Waals surface area contributed by atoms with Gasteiger partial charge in [-0.2, -0.15) is 0 Å². The van der Waals surface area contributed by atoms with Crippen LogP contribution in [0.5, 0.6) is 0 Å². The molecular weight excluding hydrogens is 540 g/mol. The van der Waals surface area contributed by atoms with Gasteiger partial charge in [0, 0.05) is 5.92 Å². The van der Waals surface area contributed by atoms with Gasteiger partial charge >= 0.3 is 0 Å². The maximum absolute atomic E-state index is 12.1. The average Bonchev–Trinajstić information content (AvgIpc) is 3.13. The van der Waals surface area contributed by atoms with E-state index in [0.29, 0.717) is 0 Å². The summed E-state index contributed by atoms with van der Waals surface area (Å²) in [4.78, 5) is 19.7. The fraction of sp³-hybridized carbons (Fsp3) is 0.864. The summed E-state index contributed by atoms with van der Waals surface area (Å²) in [7, 11) is 0. The van der Waals surface area contributed by atoms with E-state index in [2.05, 4.69) is 9.98 Å². The Hall–Kier alpha value is -2.23. The first-order chi connectivity index (χ1) is 18.7. The Kier molecular flexibility index (Phi) is 10.3. The lowest BCUT2D eigenvalue weighted by Crippen LogP contribution is -2.65. The number of rotatable bonds is 9. The van der Waals surface area contributed by atoms with Crippen molar-refractivity contribution in [3.8, 4) is 0 Å². The normalized spacial score (nSPS) is 47.4. The molecule has 0 amide bonds. The summed E-state index contributed by atoms with van der Waals surface area (Å²) in [5.41, 5.74) is 19.4. The first kappa shape index (κ1) is 32.3. The largest absolute Gasteiger partial charge is 0.394 e. The number of nitrogens with zero attached hydrogens (tertiary/aromatic N) is 2. The van der Waals surface area contributed by atoms with Crippen LogP contribution in [0.25, 0.3) is 0 Å². The third-order valence-electron chi connectivity index (χ3n) is 7.60. The third-order valence-corrected chi connectivity index (χ3v) is 7.60. The molecule has 0 aromatic carbocycles. The molecule has 3 rings (SSSR count). The second kappa shape index (κ2) is 12.7. The number of aliphatic hydroxyl groups excluding tert-OH is 6. The second-order valence-corrected chi connectivity index (χ2v) is 10.1. The molecular formula is C22H40N6O12. The predicted octanol–water partition coefficient (Wildman–Crippen LogP) is -6.72. The predicted molar refractivity (Wildman–Crippen MR) is 134 cm³/mol. The molecule has 15 N–H and O–H groups in total. The van der Waals surface area contributed by atoms with E-state index in [-0.39, 0.29) is 12.7 Å². The van der Waals surface area contributed by atoms with Crippen molar-refractivity contribution >= 4 is 18.2 Å². The lowest BCUT2D eigenvalue weighted by Gasteiger charge is -2.45. The standard InChI is InChI=1S/C22H40N6O12/c1-3-7-11(31)12(32)8(4-29)38-18(7)40-17-19(37-6(2)22(17,36)5-30)39-16-10(28-21(25)26)13(33)9(27-20(23)24)14(34)15(16)35/h5-19,29,31-36H,3-4H2,1-2H3,(H4,23,24,27)(H4,25,26,28)/t6-,7-,8-,9-,10+,11-,12-,13-,14+,15-,16?,17?,18-,19-,22+/m1/s1. The maximum Gasteiger partial charge on any atom is 0.188 e. The highest BCUT2D eigenvalue weighted by Gasteiger charge is 2.60. The fourth-order valence-corrected chi connectivity index (χ4v) is 5.28. The molecule has 0 bridgehead atoms. The van der Waals surface area contributed by atoms with Crippen LogP contribution >= 0.6 is 0 Å². The van der Waals surface area contributed by atoms with E-state index in [1.54, 1.807) is 6.92 Å². The molecule has 2 heterocycles. The Morgan fingerprint density at radius 3 is 2.00 bits per heavy atom. The topological polar surface area (TPSA) is 324 Å². The molecule has 1 aliphatic carbocycles. The zero-order chi connectivity index (χ0) is 30.1. The summed E-state index contributed by atoms with van der Waals surface area (Å²) in [5.74, 6) is -1.89. The molecule has 2 saturated heterocycles. The number of hydrogen-bond acceptors (Lipinski definition) is 14. The number of aldehydes is 1. The van der Waals surface area contributed by atoms with Gasteiger partial charge in [-0.25, -0.2) is 9.98 Å². The van der Waals surface area contributed by atoms with Gasteiger partial charge in [0.25, 0.3) is 0 Å². The number of nitrogens with two attached hydrogens (primary N) is 4. The number of guanidine groups is 2. The molecule has 3 fully saturated rings. The van der Waals surface area contributed by atoms with Crippen LogP contribution in [0.1, 0.15) is 20.3 Å². The first-order valence-electron chi connectivity index (χ1n) is 12.7. The number of hydrogen-bond donors (Lipinski definition) is 11. The number of carbonyl (C=O) groups excluding carboxylic acids is 1. The van der Waals surface area contributed by atoms with Crippen molar-refractivity contribution < 1.29 is 59.5 Å². The fourth-order valence-electron chi connectivity index (χ4n) is 5.28. The van der Waals surface area contributed by atoms with Crippen molar-refractivity contribution in [2.45, 2.75) is 105 Å². The van der Waals surface area contributed by atoms with Crippen molar-refractivity contribution in [3.63, 3.8) is 0 Å². The van der Waals surface area contributed by atoms with Gasteiger partial charge in [-0.05, 0) is 13.3 Å². The first-order valence-corrected chi connectivity index (χ1v) is 12.7. The quantitative estimate of drug-likeness (QED) is 0.0685. The SMILES string of the molecule is CC[C@H]1[C@@H](OC2[C@@H](OC3[C@@H](N=C(N)N)[C@H](O)[C@@H](N=C(N)N)[C@H](O)[C@H]3O)O[C@H](C)[C@@]2(O)C=O)O[C@H](CO)[C@@H](O)[C@@H]1O. The molecule has 0 radical (unpaired) electrons. The van der Waals surface area contributed by atoms with E-state index in [9.17, 15) is 40.5 Å². The molecule has 18 nitrogen and oxygen atoms in total. The van der Waals surface area contributed by atoms with Crippen molar-refractivity contribution in [1.82, 2.24) is 0 Å². The van der Waals surface area contributed by atoms with E-state index in [0.717, 1.165) is 0 Å². The van der Waals surface area contributed by atoms with Gasteiger partial charge in [0.05, 0.1) is 18.8 Å². The van der Waals surface area contributed by atoms with Crippen LogP contribution in [-0.2, 0) is 23.7 Å². The molecule has 1 saturated carbocycles. The Balaban J connectivity index is 1.96. The zero-order valence-corrected chi connectivity index (χ0v) is 22.0. The van der Waals surface area contributed by atoms with Crippen molar-refractivity contribution in [2.75, 3.05) is 6.61 Å². The van der Waals surface area contributed by atoms with Crippen molar-refractivity contribution in [3.05, 3.63) is 0 Å². The van der Waals surface area contributed by atoms with E-state index < -0.39 is 110 Å². The Morgan fingerprint density at radius 1 is 0.875 bits per heavy atom. The van der Waals surface area contributed by atoms with Crippen LogP contribution in [0.15, 0.2) is 9.98 Å². The molecule has 230 valence electrons. The summed E-state index contributed by atoms with van der Waals surface area (Å²) in [6.07, 6.45) is -16.6. The number of carbonyl (C=O) groups is 1. The number of aliphatic hydroxyl groups is 7. The van der Waals surface area contributed by atoms with Crippen LogP contribution in [0.4, 0.5) is 0 Å². The van der Waals surface area contributed by atoms with Gasteiger partial charge in [-0.1, -0.05) is 6.92 Å². The lowest BCUT2D eigenvalue weighted by molar-refractivity contribution is -0.325. The second-order valence-electron chi connectivity index (χ2n) is 10.1. The van der Waals surface area contributed by atoms with Crippen LogP contribution in [-0.4, -0.2) is 146 Å². The number of ether oxygens (including phenoxy) is 4. The molecule has 0 spiro atoms. The van der Waals surface area contributed by atoms with E-state index in [1.807, 2.05) is 0 Å². The highest BCUT2D eigenvalue weighted by molar-refractivity contribution is 5.76. The summed E-state index contributed by atoms with van der Waals surface area (Å²) in [6, 6.07) is -2.94. The van der Waals surface area contributed by atoms with Gasteiger partial charge in [0.15, 0.2) is 36.4 Å². The van der Waals surface area contributed by atoms with Gasteiger partial charge in [0.2, 0.25) is 0 Å². The summed E-state index contributed by atoms with van der Waals surface area (Å²) in [5, 5.41) is 74.1. The van der Waals surface area contributed by atoms with Gasteiger partial charge in [-0.3, -0.25) is 4.79 Å². The third kappa shape index (κ3) is 6.02. The van der Waals surface area contributed by atoms with Crippen LogP contribution < -0.4 is 22.9 Å². The van der Waals surface area contributed by atoms with Crippen LogP contribution in [0.3, 0.4) is 0 Å². The molecule has 3 aliphatic rings. The zero-order valence-electron chi connectivity index (χ0n) is 22.0. The van der Waals surface area contributed by atoms with Gasteiger partial charge in [0.1, 0.15) is 54.8 Å². The Bertz CT molecular complexity index is 938. The summed E-state index contributed by atoms with van der Waals surface area (Å²) < 4.78 is 23.1. The lowest BCUT2D eigenvalue weighted by atomic mass is 9.81. The van der Waals surface area contributed by atoms with Crippen LogP contribution in [0, 0.1) is 5.92 Å². The molecule has 18 heteroatoms. The van der Waals surface area contributed by atoms with Crippen molar-refractivity contribution in [2.24, 2.45) is 38.8 Å². The molecule has 0 aromatic rings. The minimum Gasteiger partial charge on any atom is -0.394 e. The monoisotopic (exact) mass is 580 g/mol. The summed E-state index contributed by atoms with van der Waals surface area (Å²) >= 11 is 0. The van der Waals surface area contributed by atoms with Crippen LogP contribution in [0.2, 0.25) is 0 Å². The maximum atomic E-state index is 12.1.